The molecular weight excluding hydrogens is 436 g/mol. The highest BCUT2D eigenvalue weighted by molar-refractivity contribution is 5.89. The van der Waals surface area contributed by atoms with Gasteiger partial charge in [-0.05, 0) is 54.3 Å². The van der Waals surface area contributed by atoms with Crippen LogP contribution in [0.1, 0.15) is 30.9 Å². The molecule has 1 aliphatic rings. The third kappa shape index (κ3) is 3.12. The van der Waals surface area contributed by atoms with Crippen LogP contribution in [0.4, 0.5) is 5.82 Å². The quantitative estimate of drug-likeness (QED) is 0.298. The zero-order chi connectivity index (χ0) is 24.2. The van der Waals surface area contributed by atoms with Gasteiger partial charge >= 0.3 is 5.82 Å². The van der Waals surface area contributed by atoms with Crippen LogP contribution in [-0.4, -0.2) is 29.5 Å². The van der Waals surface area contributed by atoms with Crippen molar-refractivity contribution < 1.29 is 0 Å². The molecule has 4 aromatic heterocycles. The number of nitriles is 1. The summed E-state index contributed by atoms with van der Waals surface area (Å²) in [6.07, 6.45) is 3.64. The molecule has 0 unspecified atom stereocenters. The normalized spacial score (nSPS) is 13.0. The lowest BCUT2D eigenvalue weighted by Gasteiger charge is -2.24. The van der Waals surface area contributed by atoms with E-state index in [0.29, 0.717) is 22.8 Å². The van der Waals surface area contributed by atoms with Crippen LogP contribution in [0.5, 0.6) is 0 Å². The summed E-state index contributed by atoms with van der Waals surface area (Å²) in [5, 5.41) is 19.0. The summed E-state index contributed by atoms with van der Waals surface area (Å²) in [5.41, 5.74) is 4.27. The molecule has 35 heavy (non-hydrogen) atoms. The Morgan fingerprint density at radius 2 is 1.34 bits per heavy atom. The van der Waals surface area contributed by atoms with Crippen molar-refractivity contribution in [2.24, 2.45) is 0 Å². The molecule has 0 saturated carbocycles. The van der Waals surface area contributed by atoms with Gasteiger partial charge in [0.1, 0.15) is 6.07 Å². The monoisotopic (exact) mass is 454 g/mol. The number of hydrogen-bond acceptors (Lipinski definition) is 5. The van der Waals surface area contributed by atoms with Crippen molar-refractivity contribution in [2.45, 2.75) is 19.3 Å². The Morgan fingerprint density at radius 3 is 1.94 bits per heavy atom. The third-order valence-electron chi connectivity index (χ3n) is 6.35. The summed E-state index contributed by atoms with van der Waals surface area (Å²) in [6.45, 7) is 11.9. The summed E-state index contributed by atoms with van der Waals surface area (Å²) in [7, 11) is 0. The standard InChI is InChI=1S/C27H18N8/c1-27(2)22-10-6-12-24(30-22)34-15-19(21(14-28)32-34)17-8-4-5-9-18(17)20-16-35(33-26(20)29-3)25-13-7-11-23(27)31-25/h4-13,15-16H,1-2H3. The molecule has 1 aromatic carbocycles. The predicted octanol–water partition coefficient (Wildman–Crippen LogP) is 5.24. The van der Waals surface area contributed by atoms with Crippen LogP contribution >= 0.6 is 0 Å². The molecule has 0 radical (unpaired) electrons. The van der Waals surface area contributed by atoms with Gasteiger partial charge in [-0.2, -0.15) is 10.4 Å². The van der Waals surface area contributed by atoms with E-state index in [2.05, 4.69) is 35.0 Å². The smallest absolute Gasteiger partial charge is 0.303 e. The van der Waals surface area contributed by atoms with Crippen molar-refractivity contribution in [2.75, 3.05) is 0 Å². The molecule has 0 saturated heterocycles. The molecule has 8 nitrogen and oxygen atoms in total. The number of pyridine rings is 2. The molecule has 0 spiro atoms. The fraction of sp³-hybridized carbons (Fsp3) is 0.111. The number of aromatic nitrogens is 6. The van der Waals surface area contributed by atoms with Crippen molar-refractivity contribution in [3.8, 4) is 40.0 Å². The van der Waals surface area contributed by atoms with Crippen LogP contribution in [0, 0.1) is 17.9 Å². The first-order valence-electron chi connectivity index (χ1n) is 11.0. The molecule has 5 aromatic rings. The van der Waals surface area contributed by atoms with E-state index in [9.17, 15) is 5.26 Å². The maximum absolute atomic E-state index is 9.90. The van der Waals surface area contributed by atoms with Gasteiger partial charge in [-0.15, -0.1) is 4.68 Å². The average molecular weight is 454 g/mol. The van der Waals surface area contributed by atoms with Crippen LogP contribution in [0.2, 0.25) is 0 Å². The second-order valence-electron chi connectivity index (χ2n) is 8.80. The molecular formula is C27H18N8. The zero-order valence-corrected chi connectivity index (χ0v) is 19.0. The molecule has 0 aliphatic carbocycles. The summed E-state index contributed by atoms with van der Waals surface area (Å²) in [4.78, 5) is 13.5. The summed E-state index contributed by atoms with van der Waals surface area (Å²) in [5.74, 6) is 1.47. The highest BCUT2D eigenvalue weighted by atomic mass is 15.3. The second-order valence-corrected chi connectivity index (χ2v) is 8.80. The molecule has 8 heteroatoms. The topological polar surface area (TPSA) is 89.6 Å². The van der Waals surface area contributed by atoms with Crippen LogP contribution < -0.4 is 0 Å². The van der Waals surface area contributed by atoms with Crippen molar-refractivity contribution >= 4 is 5.82 Å². The van der Waals surface area contributed by atoms with Crippen molar-refractivity contribution in [3.63, 3.8) is 0 Å². The molecule has 8 bridgehead atoms. The first-order chi connectivity index (χ1) is 17.0. The lowest BCUT2D eigenvalue weighted by molar-refractivity contribution is 0.588. The van der Waals surface area contributed by atoms with Gasteiger partial charge in [0.15, 0.2) is 17.3 Å². The molecule has 1 aliphatic heterocycles. The largest absolute Gasteiger partial charge is 0.358 e. The maximum atomic E-state index is 9.90. The minimum Gasteiger partial charge on any atom is -0.358 e. The molecule has 166 valence electrons. The lowest BCUT2D eigenvalue weighted by Crippen LogP contribution is -2.23. The Balaban J connectivity index is 1.74. The highest BCUT2D eigenvalue weighted by Crippen LogP contribution is 2.39. The fourth-order valence-corrected chi connectivity index (χ4v) is 4.41. The van der Waals surface area contributed by atoms with Gasteiger partial charge in [-0.3, -0.25) is 0 Å². The Labute approximate surface area is 201 Å². The molecule has 0 N–H and O–H groups in total. The summed E-state index contributed by atoms with van der Waals surface area (Å²) < 4.78 is 3.27. The summed E-state index contributed by atoms with van der Waals surface area (Å²) in [6, 6.07) is 21.4. The Morgan fingerprint density at radius 1 is 0.771 bits per heavy atom. The molecule has 6 rings (SSSR count). The first kappa shape index (κ1) is 20.5. The average Bonchev–Trinajstić information content (AvgIpc) is 3.53. The van der Waals surface area contributed by atoms with E-state index in [1.807, 2.05) is 73.1 Å². The van der Waals surface area contributed by atoms with Gasteiger partial charge in [-0.1, -0.05) is 43.0 Å². The van der Waals surface area contributed by atoms with E-state index in [1.54, 1.807) is 9.36 Å². The minimum absolute atomic E-state index is 0.258. The fourth-order valence-electron chi connectivity index (χ4n) is 4.41. The van der Waals surface area contributed by atoms with Gasteiger partial charge in [0.2, 0.25) is 0 Å². The van der Waals surface area contributed by atoms with Crippen LogP contribution in [0.3, 0.4) is 0 Å². The molecule has 0 fully saturated rings. The lowest BCUT2D eigenvalue weighted by atomic mass is 9.84. The van der Waals surface area contributed by atoms with Crippen LogP contribution in [-0.2, 0) is 5.41 Å². The molecule has 5 heterocycles. The number of rotatable bonds is 0. The van der Waals surface area contributed by atoms with E-state index in [0.717, 1.165) is 22.5 Å². The Bertz CT molecular complexity index is 1580. The highest BCUT2D eigenvalue weighted by Gasteiger charge is 2.28. The number of hydrogen-bond donors (Lipinski definition) is 0. The van der Waals surface area contributed by atoms with E-state index < -0.39 is 5.41 Å². The minimum atomic E-state index is -0.526. The van der Waals surface area contributed by atoms with Crippen LogP contribution in [0.15, 0.2) is 73.1 Å². The van der Waals surface area contributed by atoms with Gasteiger partial charge in [0, 0.05) is 22.7 Å². The van der Waals surface area contributed by atoms with Gasteiger partial charge in [0.05, 0.1) is 17.6 Å². The number of benzene rings is 1. The number of fused-ring (bicyclic) bond motifs is 13. The zero-order valence-electron chi connectivity index (χ0n) is 19.0. The Hall–Kier alpha value is -5.08. The maximum Gasteiger partial charge on any atom is 0.303 e. The van der Waals surface area contributed by atoms with E-state index >= 15 is 0 Å². The summed E-state index contributed by atoms with van der Waals surface area (Å²) >= 11 is 0. The molecule has 0 amide bonds. The number of nitrogens with zero attached hydrogens (tertiary/aromatic N) is 8. The van der Waals surface area contributed by atoms with Gasteiger partial charge in [0.25, 0.3) is 0 Å². The van der Waals surface area contributed by atoms with Crippen molar-refractivity contribution in [1.29, 1.82) is 5.26 Å². The van der Waals surface area contributed by atoms with E-state index in [1.165, 1.54) is 0 Å². The van der Waals surface area contributed by atoms with E-state index in [4.69, 9.17) is 16.5 Å². The van der Waals surface area contributed by atoms with Gasteiger partial charge < -0.3 is 4.85 Å². The first-order valence-corrected chi connectivity index (χ1v) is 11.0. The second kappa shape index (κ2) is 7.47. The third-order valence-corrected chi connectivity index (χ3v) is 6.35. The predicted molar refractivity (Wildman–Crippen MR) is 130 cm³/mol. The SMILES string of the molecule is [C-]#[N+]c1nn2cc1-c1ccccc1-c1cn(nc1C#N)-c1cccc(n1)C(C)(C)c1cccc-2n1. The van der Waals surface area contributed by atoms with E-state index in [-0.39, 0.29) is 11.5 Å². The van der Waals surface area contributed by atoms with Crippen LogP contribution in [0.25, 0.3) is 38.7 Å². The Kier molecular flexibility index (Phi) is 4.38. The van der Waals surface area contributed by atoms with Gasteiger partial charge in [-0.25, -0.2) is 14.6 Å². The van der Waals surface area contributed by atoms with Crippen molar-refractivity contribution in [3.05, 3.63) is 102 Å². The van der Waals surface area contributed by atoms with Crippen molar-refractivity contribution in [1.82, 2.24) is 29.5 Å². The molecule has 0 atom stereocenters.